The third-order valence-corrected chi connectivity index (χ3v) is 4.97. The van der Waals surface area contributed by atoms with E-state index in [1.54, 1.807) is 11.3 Å². The molecule has 0 unspecified atom stereocenters. The van der Waals surface area contributed by atoms with Crippen molar-refractivity contribution in [2.45, 2.75) is 26.9 Å². The van der Waals surface area contributed by atoms with Crippen molar-refractivity contribution in [2.75, 3.05) is 0 Å². The second-order valence-electron chi connectivity index (χ2n) is 5.95. The van der Waals surface area contributed by atoms with Crippen LogP contribution in [0.1, 0.15) is 19.4 Å². The van der Waals surface area contributed by atoms with E-state index in [0.29, 0.717) is 0 Å². The van der Waals surface area contributed by atoms with Crippen LogP contribution in [0.3, 0.4) is 0 Å². The fourth-order valence-corrected chi connectivity index (χ4v) is 3.78. The Labute approximate surface area is 142 Å². The van der Waals surface area contributed by atoms with Crippen LogP contribution < -0.4 is 9.30 Å². The predicted molar refractivity (Wildman–Crippen MR) is 96.9 cm³/mol. The lowest BCUT2D eigenvalue weighted by molar-refractivity contribution is -0.644. The maximum absolute atomic E-state index is 5.93. The van der Waals surface area contributed by atoms with Gasteiger partial charge in [-0.1, -0.05) is 35.6 Å². The minimum Gasteiger partial charge on any atom is -0.491 e. The molecule has 1 aromatic heterocycles. The van der Waals surface area contributed by atoms with Gasteiger partial charge >= 0.3 is 0 Å². The van der Waals surface area contributed by atoms with E-state index in [-0.39, 0.29) is 6.10 Å². The molecule has 23 heavy (non-hydrogen) atoms. The van der Waals surface area contributed by atoms with Crippen molar-refractivity contribution in [3.63, 3.8) is 0 Å². The fraction of sp³-hybridized carbons (Fsp3) is 0.250. The largest absolute Gasteiger partial charge is 0.491 e. The quantitative estimate of drug-likeness (QED) is 0.615. The Morgan fingerprint density at radius 2 is 1.74 bits per heavy atom. The molecular formula is C20H22NOS+. The second-order valence-corrected chi connectivity index (χ2v) is 6.80. The molecule has 118 valence electrons. The van der Waals surface area contributed by atoms with Crippen LogP contribution in [-0.4, -0.2) is 6.10 Å². The molecule has 0 aliphatic carbocycles. The molecule has 0 bridgehead atoms. The van der Waals surface area contributed by atoms with Crippen LogP contribution in [0.5, 0.6) is 5.75 Å². The molecule has 0 radical (unpaired) electrons. The first-order chi connectivity index (χ1) is 11.1. The molecule has 0 aliphatic heterocycles. The number of nitrogens with zero attached hydrogens (tertiary/aromatic N) is 1. The third-order valence-electron chi connectivity index (χ3n) is 3.89. The highest BCUT2D eigenvalue weighted by Crippen LogP contribution is 2.32. The molecule has 0 saturated heterocycles. The number of thiazole rings is 1. The molecule has 0 atom stereocenters. The molecule has 0 spiro atoms. The summed E-state index contributed by atoms with van der Waals surface area (Å²) in [6.45, 7) is 6.25. The first-order valence-corrected chi connectivity index (χ1v) is 8.75. The molecule has 0 N–H and O–H groups in total. The summed E-state index contributed by atoms with van der Waals surface area (Å²) in [6.07, 6.45) is 0.181. The van der Waals surface area contributed by atoms with Crippen LogP contribution in [0, 0.1) is 6.92 Å². The van der Waals surface area contributed by atoms with Crippen LogP contribution in [0.25, 0.3) is 21.8 Å². The number of aromatic nitrogens is 1. The minimum absolute atomic E-state index is 0.181. The van der Waals surface area contributed by atoms with Gasteiger partial charge in [0.1, 0.15) is 12.8 Å². The Morgan fingerprint density at radius 3 is 2.43 bits per heavy atom. The summed E-state index contributed by atoms with van der Waals surface area (Å²) >= 11 is 1.77. The molecule has 0 fully saturated rings. The van der Waals surface area contributed by atoms with Gasteiger partial charge in [0.25, 0.3) is 5.01 Å². The summed E-state index contributed by atoms with van der Waals surface area (Å²) < 4.78 is 8.20. The standard InChI is InChI=1S/C20H22NOS/c1-14(2)22-19-12-8-11-17(15(19)3)18-13-23-20(21(18)4)16-9-6-5-7-10-16/h5-14H,1-4H3/q+1. The summed E-state index contributed by atoms with van der Waals surface area (Å²) in [6, 6.07) is 16.8. The van der Waals surface area contributed by atoms with E-state index < -0.39 is 0 Å². The summed E-state index contributed by atoms with van der Waals surface area (Å²) in [5.74, 6) is 0.963. The van der Waals surface area contributed by atoms with E-state index in [0.717, 1.165) is 5.75 Å². The van der Waals surface area contributed by atoms with Gasteiger partial charge in [-0.05, 0) is 45.0 Å². The van der Waals surface area contributed by atoms with E-state index in [4.69, 9.17) is 4.74 Å². The lowest BCUT2D eigenvalue weighted by Crippen LogP contribution is -2.30. The monoisotopic (exact) mass is 324 g/mol. The van der Waals surface area contributed by atoms with Crippen LogP contribution in [0.4, 0.5) is 0 Å². The van der Waals surface area contributed by atoms with Gasteiger partial charge in [-0.25, -0.2) is 0 Å². The molecule has 3 aromatic rings. The zero-order chi connectivity index (χ0) is 16.4. The summed E-state index contributed by atoms with van der Waals surface area (Å²) in [5, 5.41) is 3.49. The number of benzene rings is 2. The molecule has 2 aromatic carbocycles. The predicted octanol–water partition coefficient (Wildman–Crippen LogP) is 5.00. The van der Waals surface area contributed by atoms with E-state index >= 15 is 0 Å². The Morgan fingerprint density at radius 1 is 1.00 bits per heavy atom. The van der Waals surface area contributed by atoms with Crippen molar-refractivity contribution in [3.8, 4) is 27.6 Å². The average molecular weight is 324 g/mol. The van der Waals surface area contributed by atoms with Gasteiger partial charge in [-0.15, -0.1) is 0 Å². The van der Waals surface area contributed by atoms with Gasteiger partial charge in [0.2, 0.25) is 5.69 Å². The Balaban J connectivity index is 2.05. The molecule has 0 saturated carbocycles. The number of hydrogen-bond acceptors (Lipinski definition) is 2. The molecule has 2 nitrogen and oxygen atoms in total. The normalized spacial score (nSPS) is 11.0. The van der Waals surface area contributed by atoms with E-state index in [1.807, 2.05) is 6.07 Å². The zero-order valence-corrected chi connectivity index (χ0v) is 14.9. The Kier molecular flexibility index (Phi) is 4.49. The van der Waals surface area contributed by atoms with Gasteiger partial charge in [-0.2, -0.15) is 4.57 Å². The summed E-state index contributed by atoms with van der Waals surface area (Å²) in [7, 11) is 2.13. The molecule has 3 heteroatoms. The Bertz CT molecular complexity index is 806. The van der Waals surface area contributed by atoms with Gasteiger partial charge in [-0.3, -0.25) is 0 Å². The Hall–Kier alpha value is -2.13. The second kappa shape index (κ2) is 6.55. The first kappa shape index (κ1) is 15.8. The van der Waals surface area contributed by atoms with Crippen LogP contribution in [-0.2, 0) is 7.05 Å². The average Bonchev–Trinajstić information content (AvgIpc) is 2.91. The van der Waals surface area contributed by atoms with Crippen molar-refractivity contribution < 1.29 is 9.30 Å². The number of ether oxygens (including phenoxy) is 1. The highest BCUT2D eigenvalue weighted by atomic mass is 32.1. The molecule has 0 amide bonds. The van der Waals surface area contributed by atoms with E-state index in [9.17, 15) is 0 Å². The molecular weight excluding hydrogens is 302 g/mol. The number of hydrogen-bond donors (Lipinski definition) is 0. The molecule has 3 rings (SSSR count). The van der Waals surface area contributed by atoms with Gasteiger partial charge in [0.15, 0.2) is 0 Å². The van der Waals surface area contributed by atoms with Crippen molar-refractivity contribution in [1.29, 1.82) is 0 Å². The van der Waals surface area contributed by atoms with E-state index in [2.05, 4.69) is 80.2 Å². The van der Waals surface area contributed by atoms with Crippen LogP contribution >= 0.6 is 11.3 Å². The topological polar surface area (TPSA) is 13.1 Å². The van der Waals surface area contributed by atoms with Crippen molar-refractivity contribution in [2.24, 2.45) is 7.05 Å². The molecule has 1 heterocycles. The van der Waals surface area contributed by atoms with E-state index in [1.165, 1.54) is 27.4 Å². The van der Waals surface area contributed by atoms with Crippen LogP contribution in [0.15, 0.2) is 53.9 Å². The SMILES string of the molecule is Cc1c(OC(C)C)cccc1-c1csc(-c2ccccc2)[n+]1C. The number of rotatable bonds is 4. The van der Waals surface area contributed by atoms with Gasteiger partial charge < -0.3 is 4.74 Å². The molecule has 0 aliphatic rings. The summed E-state index contributed by atoms with van der Waals surface area (Å²) in [5.41, 5.74) is 4.89. The smallest absolute Gasteiger partial charge is 0.269 e. The zero-order valence-electron chi connectivity index (χ0n) is 14.0. The maximum atomic E-state index is 5.93. The first-order valence-electron chi connectivity index (χ1n) is 7.87. The highest BCUT2D eigenvalue weighted by Gasteiger charge is 2.22. The van der Waals surface area contributed by atoms with Crippen molar-refractivity contribution in [1.82, 2.24) is 0 Å². The van der Waals surface area contributed by atoms with Crippen molar-refractivity contribution in [3.05, 3.63) is 59.5 Å². The lowest BCUT2D eigenvalue weighted by atomic mass is 10.1. The maximum Gasteiger partial charge on any atom is 0.269 e. The summed E-state index contributed by atoms with van der Waals surface area (Å²) in [4.78, 5) is 0. The fourth-order valence-electron chi connectivity index (χ4n) is 2.74. The lowest BCUT2D eigenvalue weighted by Gasteiger charge is -2.13. The highest BCUT2D eigenvalue weighted by molar-refractivity contribution is 7.13. The van der Waals surface area contributed by atoms with Crippen molar-refractivity contribution >= 4 is 11.3 Å². The van der Waals surface area contributed by atoms with Gasteiger partial charge in [0, 0.05) is 5.56 Å². The third kappa shape index (κ3) is 3.15. The minimum atomic E-state index is 0.181. The van der Waals surface area contributed by atoms with Gasteiger partial charge in [0.05, 0.1) is 22.6 Å². The van der Waals surface area contributed by atoms with Crippen LogP contribution in [0.2, 0.25) is 0 Å².